The van der Waals surface area contributed by atoms with Crippen molar-refractivity contribution in [1.29, 1.82) is 0 Å². The van der Waals surface area contributed by atoms with Crippen molar-refractivity contribution in [2.24, 2.45) is 0 Å². The SMILES string of the molecule is Cc1cccc(CC2(O)CCN(C(=O)c3nc4nccc(C)n4n3)CC2)c1. The molecule has 1 aliphatic heterocycles. The first kappa shape index (κ1) is 17.6. The molecule has 3 heterocycles. The second kappa shape index (κ2) is 6.74. The molecule has 27 heavy (non-hydrogen) atoms. The van der Waals surface area contributed by atoms with Crippen molar-refractivity contribution >= 4 is 11.7 Å². The lowest BCUT2D eigenvalue weighted by Crippen LogP contribution is -2.48. The Morgan fingerprint density at radius 1 is 1.22 bits per heavy atom. The first-order valence-corrected chi connectivity index (χ1v) is 9.19. The quantitative estimate of drug-likeness (QED) is 0.767. The number of rotatable bonds is 3. The lowest BCUT2D eigenvalue weighted by atomic mass is 9.85. The number of hydrogen-bond donors (Lipinski definition) is 1. The normalized spacial score (nSPS) is 16.6. The van der Waals surface area contributed by atoms with Gasteiger partial charge in [-0.3, -0.25) is 4.79 Å². The van der Waals surface area contributed by atoms with Gasteiger partial charge in [0, 0.05) is 31.4 Å². The second-order valence-corrected chi connectivity index (χ2v) is 7.42. The molecule has 7 heteroatoms. The average molecular weight is 365 g/mol. The van der Waals surface area contributed by atoms with Gasteiger partial charge in [0.15, 0.2) is 0 Å². The zero-order valence-electron chi connectivity index (χ0n) is 15.6. The molecule has 2 aromatic heterocycles. The van der Waals surface area contributed by atoms with Gasteiger partial charge < -0.3 is 10.0 Å². The van der Waals surface area contributed by atoms with Gasteiger partial charge in [0.1, 0.15) is 0 Å². The fourth-order valence-corrected chi connectivity index (χ4v) is 3.64. The minimum atomic E-state index is -0.783. The van der Waals surface area contributed by atoms with Crippen LogP contribution in [0.1, 0.15) is 40.3 Å². The highest BCUT2D eigenvalue weighted by Crippen LogP contribution is 2.27. The molecule has 140 valence electrons. The fraction of sp³-hybridized carbons (Fsp3) is 0.400. The number of benzene rings is 1. The number of nitrogens with zero attached hydrogens (tertiary/aromatic N) is 5. The summed E-state index contributed by atoms with van der Waals surface area (Å²) in [4.78, 5) is 22.9. The van der Waals surface area contributed by atoms with E-state index in [0.29, 0.717) is 38.1 Å². The molecule has 7 nitrogen and oxygen atoms in total. The topological polar surface area (TPSA) is 83.6 Å². The first-order chi connectivity index (χ1) is 12.9. The zero-order chi connectivity index (χ0) is 19.0. The van der Waals surface area contributed by atoms with Crippen molar-refractivity contribution in [1.82, 2.24) is 24.5 Å². The molecule has 1 N–H and O–H groups in total. The van der Waals surface area contributed by atoms with Crippen LogP contribution in [0.5, 0.6) is 0 Å². The van der Waals surface area contributed by atoms with E-state index in [1.54, 1.807) is 15.6 Å². The molecular weight excluding hydrogens is 342 g/mol. The maximum Gasteiger partial charge on any atom is 0.293 e. The van der Waals surface area contributed by atoms with E-state index in [0.717, 1.165) is 11.3 Å². The number of fused-ring (bicyclic) bond motifs is 1. The largest absolute Gasteiger partial charge is 0.389 e. The zero-order valence-corrected chi connectivity index (χ0v) is 15.6. The third kappa shape index (κ3) is 3.55. The summed E-state index contributed by atoms with van der Waals surface area (Å²) in [5, 5.41) is 15.2. The monoisotopic (exact) mass is 365 g/mol. The Morgan fingerprint density at radius 3 is 2.70 bits per heavy atom. The summed E-state index contributed by atoms with van der Waals surface area (Å²) >= 11 is 0. The summed E-state index contributed by atoms with van der Waals surface area (Å²) in [6.07, 6.45) is 3.33. The molecule has 0 saturated carbocycles. The molecular formula is C20H23N5O2. The van der Waals surface area contributed by atoms with Gasteiger partial charge >= 0.3 is 0 Å². The smallest absolute Gasteiger partial charge is 0.293 e. The highest BCUT2D eigenvalue weighted by atomic mass is 16.3. The molecule has 1 saturated heterocycles. The number of aromatic nitrogens is 4. The molecule has 0 radical (unpaired) electrons. The molecule has 1 amide bonds. The van der Waals surface area contributed by atoms with Gasteiger partial charge in [0.25, 0.3) is 11.7 Å². The molecule has 0 aliphatic carbocycles. The predicted octanol–water partition coefficient (Wildman–Crippen LogP) is 1.95. The van der Waals surface area contributed by atoms with Gasteiger partial charge in [0.2, 0.25) is 5.82 Å². The maximum absolute atomic E-state index is 12.8. The van der Waals surface area contributed by atoms with Crippen LogP contribution in [0.2, 0.25) is 0 Å². The minimum absolute atomic E-state index is 0.154. The van der Waals surface area contributed by atoms with E-state index in [9.17, 15) is 9.90 Å². The van der Waals surface area contributed by atoms with Gasteiger partial charge in [-0.15, -0.1) is 5.10 Å². The molecule has 1 aromatic carbocycles. The second-order valence-electron chi connectivity index (χ2n) is 7.42. The van der Waals surface area contributed by atoms with Crippen molar-refractivity contribution in [3.8, 4) is 0 Å². The lowest BCUT2D eigenvalue weighted by Gasteiger charge is -2.38. The third-order valence-electron chi connectivity index (χ3n) is 5.22. The van der Waals surface area contributed by atoms with E-state index in [2.05, 4.69) is 21.1 Å². The number of aryl methyl sites for hydroxylation is 2. The van der Waals surface area contributed by atoms with Crippen molar-refractivity contribution in [2.75, 3.05) is 13.1 Å². The van der Waals surface area contributed by atoms with Crippen molar-refractivity contribution in [3.63, 3.8) is 0 Å². The number of carbonyl (C=O) groups is 1. The molecule has 0 spiro atoms. The van der Waals surface area contributed by atoms with E-state index < -0.39 is 5.60 Å². The van der Waals surface area contributed by atoms with Crippen LogP contribution in [0.4, 0.5) is 0 Å². The van der Waals surface area contributed by atoms with Crippen LogP contribution in [-0.4, -0.2) is 54.2 Å². The summed E-state index contributed by atoms with van der Waals surface area (Å²) in [6, 6.07) is 10.0. The number of hydrogen-bond acceptors (Lipinski definition) is 5. The minimum Gasteiger partial charge on any atom is -0.389 e. The Bertz CT molecular complexity index is 989. The van der Waals surface area contributed by atoms with Crippen LogP contribution >= 0.6 is 0 Å². The van der Waals surface area contributed by atoms with Crippen LogP contribution in [0.15, 0.2) is 36.5 Å². The maximum atomic E-state index is 12.8. The number of likely N-dealkylation sites (tertiary alicyclic amines) is 1. The summed E-state index contributed by atoms with van der Waals surface area (Å²) in [5.41, 5.74) is 2.40. The molecule has 0 bridgehead atoms. The summed E-state index contributed by atoms with van der Waals surface area (Å²) < 4.78 is 1.57. The van der Waals surface area contributed by atoms with Crippen LogP contribution in [0, 0.1) is 13.8 Å². The third-order valence-corrected chi connectivity index (χ3v) is 5.22. The van der Waals surface area contributed by atoms with Crippen LogP contribution in [0.3, 0.4) is 0 Å². The summed E-state index contributed by atoms with van der Waals surface area (Å²) in [7, 11) is 0. The molecule has 3 aromatic rings. The number of carbonyl (C=O) groups excluding carboxylic acids is 1. The molecule has 1 aliphatic rings. The highest BCUT2D eigenvalue weighted by molar-refractivity contribution is 5.91. The first-order valence-electron chi connectivity index (χ1n) is 9.19. The molecule has 0 atom stereocenters. The van der Waals surface area contributed by atoms with E-state index in [-0.39, 0.29) is 11.7 Å². The van der Waals surface area contributed by atoms with Crippen molar-refractivity contribution < 1.29 is 9.90 Å². The molecule has 1 fully saturated rings. The van der Waals surface area contributed by atoms with Gasteiger partial charge in [-0.05, 0) is 38.3 Å². The summed E-state index contributed by atoms with van der Waals surface area (Å²) in [5.74, 6) is 0.366. The van der Waals surface area contributed by atoms with E-state index in [1.807, 2.05) is 38.1 Å². The Kier molecular flexibility index (Phi) is 4.39. The lowest BCUT2D eigenvalue weighted by molar-refractivity contribution is -0.0165. The molecule has 4 rings (SSSR count). The Hall–Kier alpha value is -2.80. The van der Waals surface area contributed by atoms with Crippen LogP contribution in [-0.2, 0) is 6.42 Å². The Balaban J connectivity index is 1.44. The number of aliphatic hydroxyl groups is 1. The van der Waals surface area contributed by atoms with Gasteiger partial charge in [-0.1, -0.05) is 29.8 Å². The average Bonchev–Trinajstić information content (AvgIpc) is 3.07. The number of amides is 1. The molecule has 0 unspecified atom stereocenters. The van der Waals surface area contributed by atoms with Crippen LogP contribution < -0.4 is 0 Å². The van der Waals surface area contributed by atoms with E-state index in [1.165, 1.54) is 5.56 Å². The Labute approximate surface area is 157 Å². The van der Waals surface area contributed by atoms with Crippen molar-refractivity contribution in [3.05, 3.63) is 59.2 Å². The van der Waals surface area contributed by atoms with Gasteiger partial charge in [0.05, 0.1) is 5.60 Å². The van der Waals surface area contributed by atoms with E-state index >= 15 is 0 Å². The van der Waals surface area contributed by atoms with Gasteiger partial charge in [-0.25, -0.2) is 9.50 Å². The Morgan fingerprint density at radius 2 is 2.00 bits per heavy atom. The van der Waals surface area contributed by atoms with Gasteiger partial charge in [-0.2, -0.15) is 4.98 Å². The highest BCUT2D eigenvalue weighted by Gasteiger charge is 2.35. The fourth-order valence-electron chi connectivity index (χ4n) is 3.64. The summed E-state index contributed by atoms with van der Waals surface area (Å²) in [6.45, 7) is 4.92. The van der Waals surface area contributed by atoms with Crippen molar-refractivity contribution in [2.45, 2.75) is 38.7 Å². The van der Waals surface area contributed by atoms with E-state index in [4.69, 9.17) is 0 Å². The standard InChI is InChI=1S/C20H23N5O2/c1-14-4-3-5-16(12-14)13-20(27)7-10-24(11-8-20)18(26)17-22-19-21-9-6-15(2)25(19)23-17/h3-6,9,12,27H,7-8,10-11,13H2,1-2H3. The number of piperidine rings is 1. The van der Waals surface area contributed by atoms with Crippen LogP contribution in [0.25, 0.3) is 5.78 Å². The predicted molar refractivity (Wildman–Crippen MR) is 100 cm³/mol.